The molecular formula is C17H19BrO3. The van der Waals surface area contributed by atoms with E-state index in [2.05, 4.69) is 22.9 Å². The first-order valence-electron chi connectivity index (χ1n) is 6.91. The summed E-state index contributed by atoms with van der Waals surface area (Å²) >= 11 is 3.53. The molecule has 0 spiro atoms. The van der Waals surface area contributed by atoms with Crippen LogP contribution in [0.25, 0.3) is 0 Å². The monoisotopic (exact) mass is 350 g/mol. The molecule has 2 rings (SSSR count). The summed E-state index contributed by atoms with van der Waals surface area (Å²) in [4.78, 5) is 0. The van der Waals surface area contributed by atoms with E-state index in [4.69, 9.17) is 14.2 Å². The second-order valence-corrected chi connectivity index (χ2v) is 5.40. The number of methoxy groups -OCH3 is 1. The molecule has 0 unspecified atom stereocenters. The number of halogens is 1. The highest BCUT2D eigenvalue weighted by molar-refractivity contribution is 9.10. The summed E-state index contributed by atoms with van der Waals surface area (Å²) in [5.74, 6) is 2.34. The van der Waals surface area contributed by atoms with Crippen molar-refractivity contribution in [1.29, 1.82) is 0 Å². The first-order chi connectivity index (χ1) is 10.2. The Labute approximate surface area is 134 Å². The fourth-order valence-electron chi connectivity index (χ4n) is 1.84. The van der Waals surface area contributed by atoms with Gasteiger partial charge in [0, 0.05) is 10.0 Å². The minimum Gasteiger partial charge on any atom is -0.497 e. The molecule has 0 N–H and O–H groups in total. The lowest BCUT2D eigenvalue weighted by Crippen LogP contribution is -2.01. The summed E-state index contributed by atoms with van der Waals surface area (Å²) in [6.45, 7) is 3.21. The van der Waals surface area contributed by atoms with Crippen LogP contribution < -0.4 is 14.2 Å². The maximum Gasteiger partial charge on any atom is 0.161 e. The fourth-order valence-corrected chi connectivity index (χ4v) is 2.21. The van der Waals surface area contributed by atoms with Crippen LogP contribution in [0, 0.1) is 0 Å². The highest BCUT2D eigenvalue weighted by Crippen LogP contribution is 2.29. The normalized spacial score (nSPS) is 10.2. The van der Waals surface area contributed by atoms with Gasteiger partial charge in [-0.25, -0.2) is 0 Å². The molecule has 0 saturated carbocycles. The Morgan fingerprint density at radius 2 is 1.71 bits per heavy atom. The van der Waals surface area contributed by atoms with Crippen LogP contribution in [0.3, 0.4) is 0 Å². The Balaban J connectivity index is 2.09. The molecule has 0 saturated heterocycles. The number of benzene rings is 2. The van der Waals surface area contributed by atoms with Crippen LogP contribution in [0.1, 0.15) is 18.9 Å². The number of ether oxygens (including phenoxy) is 3. The Morgan fingerprint density at radius 1 is 1.00 bits per heavy atom. The van der Waals surface area contributed by atoms with Gasteiger partial charge in [0.1, 0.15) is 12.4 Å². The molecule has 0 aliphatic carbocycles. The molecule has 0 amide bonds. The lowest BCUT2D eigenvalue weighted by molar-refractivity contribution is 0.261. The predicted octanol–water partition coefficient (Wildman–Crippen LogP) is 4.83. The van der Waals surface area contributed by atoms with E-state index in [9.17, 15) is 0 Å². The quantitative estimate of drug-likeness (QED) is 0.715. The molecule has 0 fully saturated rings. The SMILES string of the molecule is CCCOc1ccccc1OCc1cc(OC)ccc1Br. The zero-order valence-electron chi connectivity index (χ0n) is 12.3. The van der Waals surface area contributed by atoms with Crippen molar-refractivity contribution in [3.63, 3.8) is 0 Å². The van der Waals surface area contributed by atoms with Gasteiger partial charge < -0.3 is 14.2 Å². The Hall–Kier alpha value is -1.68. The van der Waals surface area contributed by atoms with Gasteiger partial charge in [-0.05, 0) is 36.8 Å². The van der Waals surface area contributed by atoms with Crippen molar-refractivity contribution < 1.29 is 14.2 Å². The molecule has 0 heterocycles. The Kier molecular flexibility index (Phi) is 5.93. The molecule has 3 nitrogen and oxygen atoms in total. The molecule has 21 heavy (non-hydrogen) atoms. The molecule has 0 aromatic heterocycles. The van der Waals surface area contributed by atoms with Crippen molar-refractivity contribution in [3.8, 4) is 17.2 Å². The summed E-state index contributed by atoms with van der Waals surface area (Å²) in [6, 6.07) is 13.5. The molecule has 0 aliphatic rings. The van der Waals surface area contributed by atoms with Crippen LogP contribution in [0.15, 0.2) is 46.9 Å². The van der Waals surface area contributed by atoms with E-state index in [0.29, 0.717) is 13.2 Å². The summed E-state index contributed by atoms with van der Waals surface area (Å²) in [6.07, 6.45) is 0.968. The first-order valence-corrected chi connectivity index (χ1v) is 7.71. The topological polar surface area (TPSA) is 27.7 Å². The maximum atomic E-state index is 5.89. The molecule has 0 atom stereocenters. The summed E-state index contributed by atoms with van der Waals surface area (Å²) in [5.41, 5.74) is 1.03. The van der Waals surface area contributed by atoms with Crippen LogP contribution in [0.4, 0.5) is 0 Å². The van der Waals surface area contributed by atoms with E-state index in [0.717, 1.165) is 33.7 Å². The van der Waals surface area contributed by atoms with Gasteiger partial charge in [0.25, 0.3) is 0 Å². The largest absolute Gasteiger partial charge is 0.497 e. The van der Waals surface area contributed by atoms with Gasteiger partial charge in [-0.1, -0.05) is 35.0 Å². The van der Waals surface area contributed by atoms with E-state index in [1.807, 2.05) is 42.5 Å². The average Bonchev–Trinajstić information content (AvgIpc) is 2.53. The Bertz CT molecular complexity index is 584. The van der Waals surface area contributed by atoms with E-state index >= 15 is 0 Å². The van der Waals surface area contributed by atoms with Gasteiger partial charge in [0.2, 0.25) is 0 Å². The van der Waals surface area contributed by atoms with Gasteiger partial charge in [-0.2, -0.15) is 0 Å². The summed E-state index contributed by atoms with van der Waals surface area (Å²) in [5, 5.41) is 0. The van der Waals surface area contributed by atoms with Crippen LogP contribution in [-0.2, 0) is 6.61 Å². The standard InChI is InChI=1S/C17H19BrO3/c1-3-10-20-16-6-4-5-7-17(16)21-12-13-11-14(19-2)8-9-15(13)18/h4-9,11H,3,10,12H2,1-2H3. The zero-order chi connectivity index (χ0) is 15.1. The maximum absolute atomic E-state index is 5.89. The smallest absolute Gasteiger partial charge is 0.161 e. The van der Waals surface area contributed by atoms with Crippen molar-refractivity contribution in [2.75, 3.05) is 13.7 Å². The van der Waals surface area contributed by atoms with Crippen molar-refractivity contribution >= 4 is 15.9 Å². The summed E-state index contributed by atoms with van der Waals surface area (Å²) in [7, 11) is 1.65. The van der Waals surface area contributed by atoms with Crippen LogP contribution in [-0.4, -0.2) is 13.7 Å². The van der Waals surface area contributed by atoms with Crippen molar-refractivity contribution in [3.05, 3.63) is 52.5 Å². The molecule has 0 aliphatic heterocycles. The van der Waals surface area contributed by atoms with E-state index in [-0.39, 0.29) is 0 Å². The third-order valence-corrected chi connectivity index (χ3v) is 3.72. The van der Waals surface area contributed by atoms with Crippen molar-refractivity contribution in [2.45, 2.75) is 20.0 Å². The number of rotatable bonds is 7. The van der Waals surface area contributed by atoms with Gasteiger partial charge in [0.15, 0.2) is 11.5 Å². The fraction of sp³-hybridized carbons (Fsp3) is 0.294. The van der Waals surface area contributed by atoms with Crippen LogP contribution in [0.5, 0.6) is 17.2 Å². The highest BCUT2D eigenvalue weighted by atomic mass is 79.9. The number of hydrogen-bond donors (Lipinski definition) is 0. The lowest BCUT2D eigenvalue weighted by Gasteiger charge is -2.13. The van der Waals surface area contributed by atoms with E-state index < -0.39 is 0 Å². The average molecular weight is 351 g/mol. The second kappa shape index (κ2) is 7.93. The molecule has 2 aromatic carbocycles. The third-order valence-electron chi connectivity index (χ3n) is 2.95. The summed E-state index contributed by atoms with van der Waals surface area (Å²) < 4.78 is 17.8. The minimum absolute atomic E-state index is 0.449. The molecule has 4 heteroatoms. The third kappa shape index (κ3) is 4.39. The lowest BCUT2D eigenvalue weighted by atomic mass is 10.2. The number of para-hydroxylation sites is 2. The van der Waals surface area contributed by atoms with Crippen molar-refractivity contribution in [2.24, 2.45) is 0 Å². The molecule has 0 bridgehead atoms. The molecule has 112 valence electrons. The minimum atomic E-state index is 0.449. The first kappa shape index (κ1) is 15.7. The van der Waals surface area contributed by atoms with E-state index in [1.54, 1.807) is 7.11 Å². The highest BCUT2D eigenvalue weighted by Gasteiger charge is 2.07. The molecular weight excluding hydrogens is 332 g/mol. The predicted molar refractivity (Wildman–Crippen MR) is 87.3 cm³/mol. The van der Waals surface area contributed by atoms with E-state index in [1.165, 1.54) is 0 Å². The second-order valence-electron chi connectivity index (χ2n) is 4.54. The molecule has 0 radical (unpaired) electrons. The zero-order valence-corrected chi connectivity index (χ0v) is 13.9. The molecule has 2 aromatic rings. The van der Waals surface area contributed by atoms with Gasteiger partial charge in [0.05, 0.1) is 13.7 Å². The number of hydrogen-bond acceptors (Lipinski definition) is 3. The van der Waals surface area contributed by atoms with Crippen LogP contribution in [0.2, 0.25) is 0 Å². The van der Waals surface area contributed by atoms with Gasteiger partial charge in [-0.15, -0.1) is 0 Å². The van der Waals surface area contributed by atoms with Crippen LogP contribution >= 0.6 is 15.9 Å². The Morgan fingerprint density at radius 3 is 2.38 bits per heavy atom. The van der Waals surface area contributed by atoms with Gasteiger partial charge >= 0.3 is 0 Å². The van der Waals surface area contributed by atoms with Crippen molar-refractivity contribution in [1.82, 2.24) is 0 Å². The van der Waals surface area contributed by atoms with Gasteiger partial charge in [-0.3, -0.25) is 0 Å².